The van der Waals surface area contributed by atoms with Crippen LogP contribution in [0.2, 0.25) is 0 Å². The fourth-order valence-corrected chi connectivity index (χ4v) is 8.82. The summed E-state index contributed by atoms with van der Waals surface area (Å²) in [5, 5.41) is 2.90. The first-order chi connectivity index (χ1) is 14.4. The lowest BCUT2D eigenvalue weighted by atomic mass is 9.96. The maximum Gasteiger partial charge on any atom is 0.413 e. The fourth-order valence-electron chi connectivity index (χ4n) is 4.65. The van der Waals surface area contributed by atoms with Crippen LogP contribution in [0.5, 0.6) is 0 Å². The van der Waals surface area contributed by atoms with Gasteiger partial charge in [0.2, 0.25) is 0 Å². The maximum atomic E-state index is 14.9. The van der Waals surface area contributed by atoms with E-state index in [1.807, 2.05) is 27.7 Å². The van der Waals surface area contributed by atoms with Crippen molar-refractivity contribution in [1.82, 2.24) is 14.6 Å². The molecule has 31 heavy (non-hydrogen) atoms. The number of anilines is 1. The van der Waals surface area contributed by atoms with Gasteiger partial charge in [-0.3, -0.25) is 10.3 Å². The third-order valence-electron chi connectivity index (χ3n) is 6.16. The number of carbonyl (C=O) groups is 1. The van der Waals surface area contributed by atoms with E-state index in [1.54, 1.807) is 0 Å². The summed E-state index contributed by atoms with van der Waals surface area (Å²) in [5.41, 5.74) is 4.36. The van der Waals surface area contributed by atoms with E-state index in [0.717, 1.165) is 25.8 Å². The molecule has 4 rings (SSSR count). The van der Waals surface area contributed by atoms with Crippen molar-refractivity contribution >= 4 is 28.2 Å². The van der Waals surface area contributed by atoms with Crippen molar-refractivity contribution in [2.75, 3.05) is 24.8 Å². The van der Waals surface area contributed by atoms with Crippen LogP contribution in [0.15, 0.2) is 17.1 Å². The number of nitrogens with zero attached hydrogens (tertiary/aromatic N) is 3. The van der Waals surface area contributed by atoms with Crippen molar-refractivity contribution in [2.45, 2.75) is 69.8 Å². The molecule has 3 aliphatic heterocycles. The van der Waals surface area contributed by atoms with Gasteiger partial charge in [-0.05, 0) is 59.6 Å². The highest BCUT2D eigenvalue weighted by atomic mass is 32.3. The molecule has 0 bridgehead atoms. The maximum absolute atomic E-state index is 14.9. The van der Waals surface area contributed by atoms with Gasteiger partial charge in [0, 0.05) is 12.3 Å². The van der Waals surface area contributed by atoms with Gasteiger partial charge in [0.25, 0.3) is 0 Å². The Labute approximate surface area is 184 Å². The number of aromatic nitrogens is 1. The number of ether oxygens (including phenoxy) is 1. The molecule has 0 radical (unpaired) electrons. The van der Waals surface area contributed by atoms with Crippen LogP contribution in [0.1, 0.15) is 59.6 Å². The summed E-state index contributed by atoms with van der Waals surface area (Å²) in [7, 11) is -1.86. The Morgan fingerprint density at radius 2 is 2.10 bits per heavy atom. The minimum absolute atomic E-state index is 0.166. The second kappa shape index (κ2) is 7.31. The van der Waals surface area contributed by atoms with Crippen LogP contribution in [0.3, 0.4) is 0 Å². The third-order valence-corrected chi connectivity index (χ3v) is 10.5. The molecule has 0 aliphatic carbocycles. The van der Waals surface area contributed by atoms with E-state index in [0.29, 0.717) is 18.3 Å². The van der Waals surface area contributed by atoms with Gasteiger partial charge in [-0.2, -0.15) is 0 Å². The number of alkyl carbamates (subject to hydrolysis) is 1. The van der Waals surface area contributed by atoms with Crippen LogP contribution in [0, 0.1) is 5.82 Å². The molecule has 1 aromatic rings. The highest BCUT2D eigenvalue weighted by Gasteiger charge is 2.63. The molecule has 4 heterocycles. The normalized spacial score (nSPS) is 35.4. The van der Waals surface area contributed by atoms with Gasteiger partial charge in [0.05, 0.1) is 4.75 Å². The summed E-state index contributed by atoms with van der Waals surface area (Å²) in [6.45, 7) is 10.8. The summed E-state index contributed by atoms with van der Waals surface area (Å²) in [5.74, 6) is 0.711. The zero-order valence-electron chi connectivity index (χ0n) is 18.8. The summed E-state index contributed by atoms with van der Waals surface area (Å²) in [6.07, 6.45) is 2.26. The number of nitrogens with two attached hydrogens (primary N) is 1. The van der Waals surface area contributed by atoms with Crippen molar-refractivity contribution in [3.8, 4) is 0 Å². The smallest absolute Gasteiger partial charge is 0.413 e. The van der Waals surface area contributed by atoms with Crippen molar-refractivity contribution in [2.24, 2.45) is 4.99 Å². The number of halogens is 1. The first-order valence-corrected chi connectivity index (χ1v) is 12.3. The molecule has 8 nitrogen and oxygen atoms in total. The van der Waals surface area contributed by atoms with Crippen LogP contribution >= 0.6 is 10.5 Å². The number of pyridine rings is 1. The number of rotatable bonds is 1. The number of aliphatic imine (C=N–C) groups is 1. The number of hydrogen-bond acceptors (Lipinski definition) is 7. The van der Waals surface area contributed by atoms with E-state index in [9.17, 15) is 9.18 Å². The number of nitrogen functional groups attached to an aromatic ring is 1. The molecule has 3 unspecified atom stereocenters. The van der Waals surface area contributed by atoms with E-state index >= 15 is 0 Å². The molecular formula is C21H32FN5O3S. The van der Waals surface area contributed by atoms with Crippen molar-refractivity contribution in [3.63, 3.8) is 0 Å². The Kier molecular flexibility index (Phi) is 5.26. The molecule has 2 fully saturated rings. The molecule has 0 aromatic carbocycles. The molecule has 2 saturated heterocycles. The second-order valence-corrected chi connectivity index (χ2v) is 13.1. The van der Waals surface area contributed by atoms with Gasteiger partial charge in [0.1, 0.15) is 41.0 Å². The number of amides is 1. The van der Waals surface area contributed by atoms with Gasteiger partial charge < -0.3 is 14.7 Å². The van der Waals surface area contributed by atoms with E-state index in [-0.39, 0.29) is 11.5 Å². The first-order valence-electron chi connectivity index (χ1n) is 10.6. The Morgan fingerprint density at radius 1 is 1.35 bits per heavy atom. The predicted molar refractivity (Wildman–Crippen MR) is 120 cm³/mol. The van der Waals surface area contributed by atoms with Crippen LogP contribution in [-0.4, -0.2) is 50.6 Å². The Bertz CT molecular complexity index is 938. The topological polar surface area (TPSA) is 102 Å². The summed E-state index contributed by atoms with van der Waals surface area (Å²) in [4.78, 5) is 22.0. The lowest BCUT2D eigenvalue weighted by Gasteiger charge is -2.67. The molecule has 1 spiro atoms. The minimum Gasteiger partial charge on any atom is -0.444 e. The van der Waals surface area contributed by atoms with Crippen LogP contribution in [0.4, 0.5) is 15.0 Å². The van der Waals surface area contributed by atoms with Crippen molar-refractivity contribution in [1.29, 1.82) is 0 Å². The molecule has 3 N–H and O–H groups in total. The Hall–Kier alpha value is -1.91. The summed E-state index contributed by atoms with van der Waals surface area (Å²) in [6, 6.07) is 2.74. The minimum atomic E-state index is -1.86. The van der Waals surface area contributed by atoms with Crippen LogP contribution < -0.4 is 11.1 Å². The van der Waals surface area contributed by atoms with Gasteiger partial charge in [-0.15, -0.1) is 0 Å². The molecule has 0 saturated carbocycles. The molecule has 10 heteroatoms. The lowest BCUT2D eigenvalue weighted by Crippen LogP contribution is -2.64. The molecule has 3 atom stereocenters. The quantitative estimate of drug-likeness (QED) is 0.670. The average Bonchev–Trinajstić information content (AvgIpc) is 2.72. The van der Waals surface area contributed by atoms with Gasteiger partial charge >= 0.3 is 6.09 Å². The third kappa shape index (κ3) is 3.68. The Morgan fingerprint density at radius 3 is 2.74 bits per heavy atom. The first kappa shape index (κ1) is 22.3. The zero-order chi connectivity index (χ0) is 22.7. The molecule has 172 valence electrons. The molecule has 1 amide bonds. The van der Waals surface area contributed by atoms with Gasteiger partial charge in [0.15, 0.2) is 0 Å². The SMILES string of the molecule is CC(C)(C)OC(=O)NC1=NC(C)(c2nc(N)ccc2F)CS23OCN2CCCCC13C. The molecular weight excluding hydrogens is 421 g/mol. The average molecular weight is 454 g/mol. The lowest BCUT2D eigenvalue weighted by molar-refractivity contribution is 0.0559. The highest BCUT2D eigenvalue weighted by molar-refractivity contribution is 8.30. The van der Waals surface area contributed by atoms with Crippen LogP contribution in [0.25, 0.3) is 0 Å². The number of nitrogens with one attached hydrogen (secondary N) is 1. The molecule has 3 aliphatic rings. The number of amidine groups is 1. The van der Waals surface area contributed by atoms with E-state index < -0.39 is 38.3 Å². The number of hydrogen-bond donors (Lipinski definition) is 2. The van der Waals surface area contributed by atoms with Gasteiger partial charge in [-0.25, -0.2) is 18.5 Å². The van der Waals surface area contributed by atoms with E-state index in [4.69, 9.17) is 19.6 Å². The zero-order valence-corrected chi connectivity index (χ0v) is 19.6. The molecule has 1 aromatic heterocycles. The Balaban J connectivity index is 1.83. The monoisotopic (exact) mass is 453 g/mol. The van der Waals surface area contributed by atoms with Crippen molar-refractivity contribution < 1.29 is 18.1 Å². The second-order valence-electron chi connectivity index (χ2n) is 9.85. The summed E-state index contributed by atoms with van der Waals surface area (Å²) >= 11 is 0. The van der Waals surface area contributed by atoms with Crippen LogP contribution in [-0.2, 0) is 14.5 Å². The summed E-state index contributed by atoms with van der Waals surface area (Å²) < 4.78 is 28.6. The standard InChI is InChI=1S/C21H32FN5O3S/c1-19(2,3)30-18(28)25-17-21(5)10-6-7-11-27-13-29-31(21,27)12-20(4,26-17)16-14(22)8-9-15(23)24-16/h8-9H,6-7,10-13H2,1-5H3,(H2,23,24)(H,25,26,28). The largest absolute Gasteiger partial charge is 0.444 e. The van der Waals surface area contributed by atoms with E-state index in [2.05, 4.69) is 21.5 Å². The number of carbonyl (C=O) groups excluding carboxylic acids is 1. The predicted octanol–water partition coefficient (Wildman–Crippen LogP) is 3.82. The van der Waals surface area contributed by atoms with E-state index in [1.165, 1.54) is 12.1 Å². The van der Waals surface area contributed by atoms with Gasteiger partial charge in [-0.1, -0.05) is 16.9 Å². The van der Waals surface area contributed by atoms with Crippen molar-refractivity contribution in [3.05, 3.63) is 23.6 Å². The fraction of sp³-hybridized carbons (Fsp3) is 0.667. The highest BCUT2D eigenvalue weighted by Crippen LogP contribution is 2.74.